The van der Waals surface area contributed by atoms with Gasteiger partial charge in [0.2, 0.25) is 11.9 Å². The minimum atomic E-state index is -0.493. The number of hydrogen-bond donors (Lipinski definition) is 2. The van der Waals surface area contributed by atoms with Gasteiger partial charge in [-0.3, -0.25) is 24.7 Å². The molecule has 2 N–H and O–H groups in total. The highest BCUT2D eigenvalue weighted by molar-refractivity contribution is 6.01. The first kappa shape index (κ1) is 23.4. The van der Waals surface area contributed by atoms with Crippen LogP contribution in [0.1, 0.15) is 16.8 Å². The molecule has 12 heteroatoms. The number of nitrogens with one attached hydrogen (secondary N) is 2. The van der Waals surface area contributed by atoms with Crippen LogP contribution in [0.25, 0.3) is 28.7 Å². The number of non-ortho nitro benzene ring substituents is 1. The van der Waals surface area contributed by atoms with E-state index in [1.807, 2.05) is 31.2 Å². The van der Waals surface area contributed by atoms with E-state index in [9.17, 15) is 19.7 Å². The van der Waals surface area contributed by atoms with Gasteiger partial charge >= 0.3 is 0 Å². The van der Waals surface area contributed by atoms with E-state index in [0.29, 0.717) is 28.1 Å². The zero-order valence-corrected chi connectivity index (χ0v) is 19.7. The first-order chi connectivity index (χ1) is 17.8. The molecular weight excluding hydrogens is 476 g/mol. The van der Waals surface area contributed by atoms with Gasteiger partial charge in [-0.1, -0.05) is 18.2 Å². The monoisotopic (exact) mass is 496 g/mol. The first-order valence-electron chi connectivity index (χ1n) is 11.1. The molecule has 0 fully saturated rings. The van der Waals surface area contributed by atoms with Gasteiger partial charge in [0.05, 0.1) is 22.5 Å². The number of nitro groups is 1. The van der Waals surface area contributed by atoms with Crippen LogP contribution in [0.4, 0.5) is 11.5 Å². The Morgan fingerprint density at radius 2 is 1.86 bits per heavy atom. The van der Waals surface area contributed by atoms with Crippen molar-refractivity contribution in [2.24, 2.45) is 0 Å². The summed E-state index contributed by atoms with van der Waals surface area (Å²) in [6.45, 7) is 3.68. The first-order valence-corrected chi connectivity index (χ1v) is 11.1. The fourth-order valence-electron chi connectivity index (χ4n) is 3.78. The summed E-state index contributed by atoms with van der Waals surface area (Å²) in [7, 11) is 0. The van der Waals surface area contributed by atoms with Crippen molar-refractivity contribution in [2.75, 3.05) is 5.32 Å². The lowest BCUT2D eigenvalue weighted by Gasteiger charge is -2.09. The van der Waals surface area contributed by atoms with Crippen molar-refractivity contribution < 1.29 is 9.72 Å². The van der Waals surface area contributed by atoms with E-state index >= 15 is 0 Å². The van der Waals surface area contributed by atoms with Crippen LogP contribution in [0.15, 0.2) is 71.7 Å². The van der Waals surface area contributed by atoms with Crippen LogP contribution in [0.3, 0.4) is 0 Å². The normalized spacial score (nSPS) is 11.3. The van der Waals surface area contributed by atoms with E-state index in [1.54, 1.807) is 17.7 Å². The number of carbonyl (C=O) groups excluding carboxylic acids is 1. The Labute approximate surface area is 209 Å². The molecular formula is C25H20N8O4. The molecule has 0 unspecified atom stereocenters. The molecule has 12 nitrogen and oxygen atoms in total. The van der Waals surface area contributed by atoms with E-state index in [2.05, 4.69) is 25.5 Å². The number of fused-ring (bicyclic) bond motifs is 1. The highest BCUT2D eigenvalue weighted by Crippen LogP contribution is 2.20. The van der Waals surface area contributed by atoms with Crippen molar-refractivity contribution in [3.63, 3.8) is 0 Å². The maximum Gasteiger partial charge on any atom is 0.269 e. The predicted octanol–water partition coefficient (Wildman–Crippen LogP) is 3.47. The molecule has 5 aromatic rings. The number of aromatic nitrogens is 6. The lowest BCUT2D eigenvalue weighted by molar-refractivity contribution is -0.384. The summed E-state index contributed by atoms with van der Waals surface area (Å²) in [5, 5.41) is 22.6. The fraction of sp³-hybridized carbons (Fsp3) is 0.0800. The third-order valence-electron chi connectivity index (χ3n) is 5.58. The summed E-state index contributed by atoms with van der Waals surface area (Å²) in [6, 6.07) is 15.0. The van der Waals surface area contributed by atoms with Gasteiger partial charge in [-0.25, -0.2) is 4.68 Å². The summed E-state index contributed by atoms with van der Waals surface area (Å²) in [4.78, 5) is 43.1. The topological polar surface area (TPSA) is 154 Å². The van der Waals surface area contributed by atoms with Crippen LogP contribution >= 0.6 is 0 Å². The lowest BCUT2D eigenvalue weighted by atomic mass is 10.2. The second kappa shape index (κ2) is 9.34. The standard InChI is InChI=1S/C25H20N8O4/c1-15-5-3-4-6-20(15)31-23-19(14-26-31)24(35)29-25(28-23)32-21(13-16(2)30-32)27-22(34)12-9-17-7-10-18(11-8-17)33(36)37/h3-14H,1-2H3,(H,27,34)(H,28,29,35)/b12-9-. The summed E-state index contributed by atoms with van der Waals surface area (Å²) in [5.41, 5.74) is 2.85. The molecule has 3 heterocycles. The average molecular weight is 496 g/mol. The number of H-pyrrole nitrogens is 1. The number of anilines is 1. The van der Waals surface area contributed by atoms with E-state index < -0.39 is 16.4 Å². The maximum absolute atomic E-state index is 12.8. The Bertz CT molecular complexity index is 1740. The Hall–Kier alpha value is -5.39. The van der Waals surface area contributed by atoms with Crippen LogP contribution in [0.2, 0.25) is 0 Å². The van der Waals surface area contributed by atoms with Crippen molar-refractivity contribution in [1.82, 2.24) is 29.5 Å². The second-order valence-electron chi connectivity index (χ2n) is 8.22. The Kier molecular flexibility index (Phi) is 5.89. The molecule has 1 amide bonds. The van der Waals surface area contributed by atoms with Crippen LogP contribution < -0.4 is 10.9 Å². The van der Waals surface area contributed by atoms with Crippen LogP contribution in [0.5, 0.6) is 0 Å². The largest absolute Gasteiger partial charge is 0.307 e. The van der Waals surface area contributed by atoms with Crippen molar-refractivity contribution in [2.45, 2.75) is 13.8 Å². The van der Waals surface area contributed by atoms with Gasteiger partial charge in [0.15, 0.2) is 5.65 Å². The van der Waals surface area contributed by atoms with Gasteiger partial charge in [-0.2, -0.15) is 19.9 Å². The smallest absolute Gasteiger partial charge is 0.269 e. The average Bonchev–Trinajstić information content (AvgIpc) is 3.46. The zero-order chi connectivity index (χ0) is 26.1. The van der Waals surface area contributed by atoms with E-state index in [0.717, 1.165) is 11.3 Å². The molecule has 0 saturated carbocycles. The van der Waals surface area contributed by atoms with Crippen molar-refractivity contribution in [1.29, 1.82) is 0 Å². The number of para-hydroxylation sites is 1. The fourth-order valence-corrected chi connectivity index (χ4v) is 3.78. The molecule has 0 spiro atoms. The summed E-state index contributed by atoms with van der Waals surface area (Å²) >= 11 is 0. The van der Waals surface area contributed by atoms with Crippen LogP contribution in [0, 0.1) is 24.0 Å². The van der Waals surface area contributed by atoms with Crippen molar-refractivity contribution >= 4 is 34.5 Å². The number of nitrogens with zero attached hydrogens (tertiary/aromatic N) is 6. The van der Waals surface area contributed by atoms with Gasteiger partial charge in [0.1, 0.15) is 11.2 Å². The minimum Gasteiger partial charge on any atom is -0.307 e. The Morgan fingerprint density at radius 1 is 1.11 bits per heavy atom. The molecule has 0 bridgehead atoms. The van der Waals surface area contributed by atoms with Crippen molar-refractivity contribution in [3.8, 4) is 11.6 Å². The molecule has 37 heavy (non-hydrogen) atoms. The summed E-state index contributed by atoms with van der Waals surface area (Å²) < 4.78 is 2.92. The molecule has 0 atom stereocenters. The number of hydrogen-bond acceptors (Lipinski definition) is 7. The third-order valence-corrected chi connectivity index (χ3v) is 5.58. The second-order valence-corrected chi connectivity index (χ2v) is 8.22. The van der Waals surface area contributed by atoms with E-state index in [4.69, 9.17) is 0 Å². The van der Waals surface area contributed by atoms with Crippen LogP contribution in [-0.2, 0) is 4.79 Å². The molecule has 3 aromatic heterocycles. The summed E-state index contributed by atoms with van der Waals surface area (Å²) in [5.74, 6) is -0.0660. The predicted molar refractivity (Wildman–Crippen MR) is 137 cm³/mol. The Morgan fingerprint density at radius 3 is 2.59 bits per heavy atom. The van der Waals surface area contributed by atoms with Crippen LogP contribution in [-0.4, -0.2) is 40.4 Å². The molecule has 2 aromatic carbocycles. The van der Waals surface area contributed by atoms with Gasteiger partial charge in [0, 0.05) is 24.3 Å². The van der Waals surface area contributed by atoms with Gasteiger partial charge < -0.3 is 5.32 Å². The molecule has 0 aliphatic rings. The number of aromatic amines is 1. The molecule has 5 rings (SSSR count). The van der Waals surface area contributed by atoms with Gasteiger partial charge in [0.25, 0.3) is 11.2 Å². The van der Waals surface area contributed by atoms with Gasteiger partial charge in [-0.15, -0.1) is 0 Å². The molecule has 0 saturated heterocycles. The highest BCUT2D eigenvalue weighted by Gasteiger charge is 2.17. The zero-order valence-electron chi connectivity index (χ0n) is 19.7. The third kappa shape index (κ3) is 4.62. The lowest BCUT2D eigenvalue weighted by Crippen LogP contribution is -2.18. The number of amides is 1. The number of nitro benzene ring substituents is 1. The van der Waals surface area contributed by atoms with Gasteiger partial charge in [-0.05, 0) is 49.2 Å². The summed E-state index contributed by atoms with van der Waals surface area (Å²) in [6.07, 6.45) is 4.28. The molecule has 0 radical (unpaired) electrons. The molecule has 0 aliphatic heterocycles. The SMILES string of the molecule is Cc1cc(NC(=O)/C=C\c2ccc([N+](=O)[O-])cc2)n(-c2nc3c(cnn3-c3ccccc3C)c(=O)[nH]2)n1. The molecule has 184 valence electrons. The number of carbonyl (C=O) groups is 1. The Balaban J connectivity index is 1.46. The van der Waals surface area contributed by atoms with Crippen molar-refractivity contribution in [3.05, 3.63) is 104 Å². The number of aryl methyl sites for hydroxylation is 2. The quantitative estimate of drug-likeness (QED) is 0.207. The number of rotatable bonds is 6. The number of benzene rings is 2. The van der Waals surface area contributed by atoms with E-state index in [1.165, 1.54) is 47.3 Å². The molecule has 0 aliphatic carbocycles. The van der Waals surface area contributed by atoms with E-state index in [-0.39, 0.29) is 11.6 Å². The minimum absolute atomic E-state index is 0.0387. The maximum atomic E-state index is 12.8. The highest BCUT2D eigenvalue weighted by atomic mass is 16.6.